The summed E-state index contributed by atoms with van der Waals surface area (Å²) >= 11 is 1.75. The van der Waals surface area contributed by atoms with Gasteiger partial charge in [-0.1, -0.05) is 13.8 Å². The lowest BCUT2D eigenvalue weighted by Crippen LogP contribution is -2.40. The van der Waals surface area contributed by atoms with Gasteiger partial charge in [0, 0.05) is 5.75 Å². The van der Waals surface area contributed by atoms with Crippen molar-refractivity contribution in [3.8, 4) is 0 Å². The van der Waals surface area contributed by atoms with E-state index < -0.39 is 0 Å². The third-order valence-electron chi connectivity index (χ3n) is 1.51. The van der Waals surface area contributed by atoms with E-state index in [4.69, 9.17) is 4.74 Å². The number of nitrogens with one attached hydrogen (secondary N) is 1. The Balaban J connectivity index is 3.83. The average Bonchev–Trinajstić information content (AvgIpc) is 2.12. The molecule has 0 aliphatic carbocycles. The van der Waals surface area contributed by atoms with Crippen molar-refractivity contribution in [1.29, 1.82) is 0 Å². The maximum absolute atomic E-state index is 11.3. The van der Waals surface area contributed by atoms with Crippen molar-refractivity contribution in [2.24, 2.45) is 0 Å². The summed E-state index contributed by atoms with van der Waals surface area (Å²) in [5, 5.41) is 3.11. The minimum Gasteiger partial charge on any atom is -0.465 e. The van der Waals surface area contributed by atoms with Gasteiger partial charge in [0.15, 0.2) is 0 Å². The first kappa shape index (κ1) is 12.8. The molecule has 0 saturated heterocycles. The second kappa shape index (κ2) is 8.38. The number of hydrogen-bond donors (Lipinski definition) is 1. The van der Waals surface area contributed by atoms with Crippen molar-refractivity contribution in [1.82, 2.24) is 5.32 Å². The fourth-order valence-electron chi connectivity index (χ4n) is 0.935. The van der Waals surface area contributed by atoms with Crippen molar-refractivity contribution in [2.75, 3.05) is 24.7 Å². The predicted molar refractivity (Wildman–Crippen MR) is 57.1 cm³/mol. The first-order chi connectivity index (χ1) is 6.26. The van der Waals surface area contributed by atoms with Crippen LogP contribution in [0.2, 0.25) is 0 Å². The molecule has 0 bridgehead atoms. The van der Waals surface area contributed by atoms with Crippen LogP contribution in [-0.4, -0.2) is 36.7 Å². The lowest BCUT2D eigenvalue weighted by atomic mass is 10.3. The number of esters is 1. The molecular formula is C9H19NO2S. The van der Waals surface area contributed by atoms with Crippen LogP contribution in [0.1, 0.15) is 20.8 Å². The highest BCUT2D eigenvalue weighted by atomic mass is 32.2. The Kier molecular flexibility index (Phi) is 8.24. The summed E-state index contributed by atoms with van der Waals surface area (Å²) in [6.45, 7) is 7.15. The topological polar surface area (TPSA) is 38.3 Å². The third-order valence-corrected chi connectivity index (χ3v) is 2.49. The van der Waals surface area contributed by atoms with E-state index in [0.29, 0.717) is 6.61 Å². The van der Waals surface area contributed by atoms with Crippen LogP contribution in [0.4, 0.5) is 0 Å². The summed E-state index contributed by atoms with van der Waals surface area (Å²) in [4.78, 5) is 11.3. The minimum absolute atomic E-state index is 0.134. The molecule has 0 spiro atoms. The molecule has 0 amide bonds. The largest absolute Gasteiger partial charge is 0.465 e. The second-order valence-corrected chi connectivity index (χ2v) is 3.84. The lowest BCUT2D eigenvalue weighted by Gasteiger charge is -2.15. The first-order valence-electron chi connectivity index (χ1n) is 4.73. The van der Waals surface area contributed by atoms with Crippen molar-refractivity contribution < 1.29 is 9.53 Å². The number of rotatable bonds is 7. The van der Waals surface area contributed by atoms with Gasteiger partial charge in [-0.15, -0.1) is 0 Å². The van der Waals surface area contributed by atoms with Crippen LogP contribution in [0.25, 0.3) is 0 Å². The van der Waals surface area contributed by atoms with Gasteiger partial charge in [-0.25, -0.2) is 0 Å². The Morgan fingerprint density at radius 3 is 2.62 bits per heavy atom. The molecule has 78 valence electrons. The summed E-state index contributed by atoms with van der Waals surface area (Å²) in [6.07, 6.45) is 0. The van der Waals surface area contributed by atoms with Crippen LogP contribution < -0.4 is 5.32 Å². The average molecular weight is 205 g/mol. The Labute approximate surface area is 84.6 Å². The van der Waals surface area contributed by atoms with Gasteiger partial charge < -0.3 is 10.1 Å². The van der Waals surface area contributed by atoms with Crippen molar-refractivity contribution >= 4 is 17.7 Å². The first-order valence-corrected chi connectivity index (χ1v) is 5.89. The molecule has 0 fully saturated rings. The van der Waals surface area contributed by atoms with Gasteiger partial charge >= 0.3 is 5.97 Å². The predicted octanol–water partition coefficient (Wildman–Crippen LogP) is 1.28. The highest BCUT2D eigenvalue weighted by molar-refractivity contribution is 7.99. The number of ether oxygens (including phenoxy) is 1. The molecule has 1 N–H and O–H groups in total. The van der Waals surface area contributed by atoms with E-state index in [2.05, 4.69) is 12.2 Å². The molecule has 0 aromatic rings. The van der Waals surface area contributed by atoms with Gasteiger partial charge in [0.05, 0.1) is 6.61 Å². The van der Waals surface area contributed by atoms with Gasteiger partial charge in [-0.05, 0) is 19.2 Å². The summed E-state index contributed by atoms with van der Waals surface area (Å²) in [5.41, 5.74) is 0. The second-order valence-electron chi connectivity index (χ2n) is 2.52. The number of carbonyl (C=O) groups is 1. The van der Waals surface area contributed by atoms with Crippen LogP contribution in [0, 0.1) is 0 Å². The zero-order valence-corrected chi connectivity index (χ0v) is 9.45. The van der Waals surface area contributed by atoms with Gasteiger partial charge in [-0.2, -0.15) is 11.8 Å². The van der Waals surface area contributed by atoms with Gasteiger partial charge in [0.1, 0.15) is 6.04 Å². The highest BCUT2D eigenvalue weighted by Crippen LogP contribution is 2.03. The molecular weight excluding hydrogens is 186 g/mol. The van der Waals surface area contributed by atoms with Gasteiger partial charge in [0.25, 0.3) is 0 Å². The summed E-state index contributed by atoms with van der Waals surface area (Å²) in [5.74, 6) is 1.69. The fraction of sp³-hybridized carbons (Fsp3) is 0.889. The van der Waals surface area contributed by atoms with Gasteiger partial charge in [-0.3, -0.25) is 4.79 Å². The fourth-order valence-corrected chi connectivity index (χ4v) is 1.66. The SMILES string of the molecule is CCNC(CSCC)C(=O)OCC. The number of hydrogen-bond acceptors (Lipinski definition) is 4. The molecule has 1 unspecified atom stereocenters. The van der Waals surface area contributed by atoms with E-state index in [9.17, 15) is 4.79 Å². The van der Waals surface area contributed by atoms with E-state index in [1.165, 1.54) is 0 Å². The smallest absolute Gasteiger partial charge is 0.323 e. The molecule has 3 nitrogen and oxygen atoms in total. The van der Waals surface area contributed by atoms with Crippen LogP contribution in [0.5, 0.6) is 0 Å². The van der Waals surface area contributed by atoms with Crippen LogP contribution in [0.3, 0.4) is 0 Å². The Morgan fingerprint density at radius 1 is 1.46 bits per heavy atom. The van der Waals surface area contributed by atoms with Crippen molar-refractivity contribution in [3.05, 3.63) is 0 Å². The van der Waals surface area contributed by atoms with Crippen molar-refractivity contribution in [2.45, 2.75) is 26.8 Å². The maximum Gasteiger partial charge on any atom is 0.323 e. The molecule has 0 heterocycles. The van der Waals surface area contributed by atoms with E-state index in [0.717, 1.165) is 18.1 Å². The zero-order chi connectivity index (χ0) is 10.1. The van der Waals surface area contributed by atoms with E-state index in [1.807, 2.05) is 13.8 Å². The van der Waals surface area contributed by atoms with Crippen molar-refractivity contribution in [3.63, 3.8) is 0 Å². The Morgan fingerprint density at radius 2 is 2.15 bits per heavy atom. The summed E-state index contributed by atoms with van der Waals surface area (Å²) in [6, 6.07) is -0.144. The molecule has 0 radical (unpaired) electrons. The minimum atomic E-state index is -0.144. The van der Waals surface area contributed by atoms with E-state index >= 15 is 0 Å². The highest BCUT2D eigenvalue weighted by Gasteiger charge is 2.17. The monoisotopic (exact) mass is 205 g/mol. The van der Waals surface area contributed by atoms with Crippen LogP contribution >= 0.6 is 11.8 Å². The van der Waals surface area contributed by atoms with E-state index in [1.54, 1.807) is 11.8 Å². The lowest BCUT2D eigenvalue weighted by molar-refractivity contribution is -0.144. The molecule has 1 atom stereocenters. The molecule has 0 saturated carbocycles. The molecule has 0 rings (SSSR count). The Hall–Kier alpha value is -0.220. The number of likely N-dealkylation sites (N-methyl/N-ethyl adjacent to an activating group) is 1. The number of carbonyl (C=O) groups excluding carboxylic acids is 1. The normalized spacial score (nSPS) is 12.5. The molecule has 13 heavy (non-hydrogen) atoms. The maximum atomic E-state index is 11.3. The standard InChI is InChI=1S/C9H19NO2S/c1-4-10-8(7-13-6-3)9(11)12-5-2/h8,10H,4-7H2,1-3H3. The Bertz CT molecular complexity index is 142. The molecule has 4 heteroatoms. The summed E-state index contributed by atoms with van der Waals surface area (Å²) < 4.78 is 4.94. The van der Waals surface area contributed by atoms with E-state index in [-0.39, 0.29) is 12.0 Å². The molecule has 0 aromatic heterocycles. The number of thioether (sulfide) groups is 1. The quantitative estimate of drug-likeness (QED) is 0.635. The summed E-state index contributed by atoms with van der Waals surface area (Å²) in [7, 11) is 0. The molecule has 0 aliphatic rings. The third kappa shape index (κ3) is 5.93. The zero-order valence-electron chi connectivity index (χ0n) is 8.63. The van der Waals surface area contributed by atoms with Gasteiger partial charge in [0.2, 0.25) is 0 Å². The molecule has 0 aliphatic heterocycles. The molecule has 0 aromatic carbocycles. The van der Waals surface area contributed by atoms with Crippen LogP contribution in [0.15, 0.2) is 0 Å². The van der Waals surface area contributed by atoms with Crippen LogP contribution in [-0.2, 0) is 9.53 Å².